The van der Waals surface area contributed by atoms with Crippen LogP contribution in [0.3, 0.4) is 0 Å². The van der Waals surface area contributed by atoms with E-state index in [0.29, 0.717) is 51.6 Å². The van der Waals surface area contributed by atoms with Gasteiger partial charge in [0.05, 0.1) is 5.56 Å². The average Bonchev–Trinajstić information content (AvgIpc) is 3.46. The molecule has 0 spiro atoms. The Bertz CT molecular complexity index is 772. The summed E-state index contributed by atoms with van der Waals surface area (Å²) in [6.45, 7) is 0.990. The van der Waals surface area contributed by atoms with Crippen LogP contribution >= 0.6 is 0 Å². The van der Waals surface area contributed by atoms with Crippen LogP contribution in [0.1, 0.15) is 48.9 Å². The number of rotatable bonds is 7. The third kappa shape index (κ3) is 4.91. The smallest absolute Gasteiger partial charge is 0.256 e. The molecule has 0 saturated carbocycles. The number of carbonyl (C=O) groups excluding carboxylic acids is 2. The van der Waals surface area contributed by atoms with Gasteiger partial charge in [-0.2, -0.15) is 10.2 Å². The molecule has 0 aliphatic carbocycles. The van der Waals surface area contributed by atoms with Crippen molar-refractivity contribution in [3.63, 3.8) is 0 Å². The first-order valence-corrected chi connectivity index (χ1v) is 9.24. The van der Waals surface area contributed by atoms with Crippen LogP contribution < -0.4 is 5.32 Å². The zero-order chi connectivity index (χ0) is 19.3. The Morgan fingerprint density at radius 3 is 2.59 bits per heavy atom. The normalized spacial score (nSPS) is 18.0. The highest BCUT2D eigenvalue weighted by Gasteiger charge is 2.39. The molecule has 1 N–H and O–H groups in total. The summed E-state index contributed by atoms with van der Waals surface area (Å²) >= 11 is 0. The Balaban J connectivity index is 1.40. The summed E-state index contributed by atoms with van der Waals surface area (Å²) in [5.41, 5.74) is -0.353. The minimum atomic E-state index is -0.507. The predicted octanol–water partition coefficient (Wildman–Crippen LogP) is 2.90. The van der Waals surface area contributed by atoms with E-state index in [9.17, 15) is 14.0 Å². The van der Waals surface area contributed by atoms with E-state index < -0.39 is 11.5 Å². The number of halogens is 1. The van der Waals surface area contributed by atoms with E-state index in [2.05, 4.69) is 21.5 Å². The number of amides is 2. The molecule has 27 heavy (non-hydrogen) atoms. The molecule has 0 atom stereocenters. The number of hydrogen-bond acceptors (Lipinski definition) is 4. The third-order valence-corrected chi connectivity index (χ3v) is 5.06. The lowest BCUT2D eigenvalue weighted by atomic mass is 10.0. The maximum absolute atomic E-state index is 13.8. The second kappa shape index (κ2) is 8.30. The fourth-order valence-electron chi connectivity index (χ4n) is 3.31. The van der Waals surface area contributed by atoms with E-state index in [1.54, 1.807) is 17.0 Å². The zero-order valence-corrected chi connectivity index (χ0v) is 15.2. The summed E-state index contributed by atoms with van der Waals surface area (Å²) < 4.78 is 13.8. The summed E-state index contributed by atoms with van der Waals surface area (Å²) in [7, 11) is 0. The first kappa shape index (κ1) is 19.0. The van der Waals surface area contributed by atoms with Crippen molar-refractivity contribution in [1.82, 2.24) is 10.2 Å². The van der Waals surface area contributed by atoms with E-state index in [1.165, 1.54) is 12.1 Å². The van der Waals surface area contributed by atoms with Crippen LogP contribution in [0.2, 0.25) is 0 Å². The zero-order valence-electron chi connectivity index (χ0n) is 15.2. The molecule has 2 aliphatic rings. The van der Waals surface area contributed by atoms with Crippen LogP contribution in [0, 0.1) is 18.2 Å². The van der Waals surface area contributed by atoms with Crippen molar-refractivity contribution < 1.29 is 14.0 Å². The minimum absolute atomic E-state index is 0.0249. The minimum Gasteiger partial charge on any atom is -0.353 e. The highest BCUT2D eigenvalue weighted by atomic mass is 19.1. The number of carbonyl (C=O) groups is 2. The first-order chi connectivity index (χ1) is 13.0. The molecule has 142 valence electrons. The Kier molecular flexibility index (Phi) is 5.84. The second-order valence-corrected chi connectivity index (χ2v) is 7.00. The Morgan fingerprint density at radius 1 is 1.26 bits per heavy atom. The summed E-state index contributed by atoms with van der Waals surface area (Å²) in [6.07, 6.45) is 8.79. The third-order valence-electron chi connectivity index (χ3n) is 5.06. The molecule has 0 bridgehead atoms. The molecular formula is C20H23FN4O2. The van der Waals surface area contributed by atoms with Crippen molar-refractivity contribution in [1.29, 1.82) is 0 Å². The van der Waals surface area contributed by atoms with E-state index in [-0.39, 0.29) is 23.4 Å². The first-order valence-electron chi connectivity index (χ1n) is 9.24. The van der Waals surface area contributed by atoms with Crippen LogP contribution in [0.25, 0.3) is 0 Å². The molecular weight excluding hydrogens is 347 g/mol. The van der Waals surface area contributed by atoms with Gasteiger partial charge in [-0.15, -0.1) is 12.3 Å². The van der Waals surface area contributed by atoms with Crippen LogP contribution in [-0.2, 0) is 4.79 Å². The average molecular weight is 370 g/mol. The van der Waals surface area contributed by atoms with E-state index in [4.69, 9.17) is 6.42 Å². The lowest BCUT2D eigenvalue weighted by molar-refractivity contribution is -0.122. The van der Waals surface area contributed by atoms with Crippen molar-refractivity contribution in [3.8, 4) is 12.3 Å². The topological polar surface area (TPSA) is 74.1 Å². The number of hydrogen-bond donors (Lipinski definition) is 1. The molecule has 7 heteroatoms. The monoisotopic (exact) mass is 370 g/mol. The van der Waals surface area contributed by atoms with E-state index in [0.717, 1.165) is 0 Å². The number of piperidine rings is 1. The fraction of sp³-hybridized carbons (Fsp3) is 0.500. The second-order valence-electron chi connectivity index (χ2n) is 7.00. The van der Waals surface area contributed by atoms with E-state index in [1.807, 2.05) is 0 Å². The quantitative estimate of drug-likeness (QED) is 0.750. The van der Waals surface area contributed by atoms with Gasteiger partial charge >= 0.3 is 0 Å². The molecule has 1 saturated heterocycles. The van der Waals surface area contributed by atoms with Gasteiger partial charge in [0.2, 0.25) is 5.91 Å². The lowest BCUT2D eigenvalue weighted by Crippen LogP contribution is -2.46. The molecule has 1 fully saturated rings. The summed E-state index contributed by atoms with van der Waals surface area (Å²) in [5.74, 6) is 1.73. The van der Waals surface area contributed by atoms with Crippen molar-refractivity contribution in [2.45, 2.75) is 50.2 Å². The van der Waals surface area contributed by atoms with E-state index >= 15 is 0 Å². The van der Waals surface area contributed by atoms with Crippen molar-refractivity contribution >= 4 is 11.8 Å². The van der Waals surface area contributed by atoms with Gasteiger partial charge in [0, 0.05) is 44.8 Å². The molecule has 2 amide bonds. The Labute approximate surface area is 158 Å². The molecule has 1 aromatic carbocycles. The molecule has 3 rings (SSSR count). The molecule has 2 aliphatic heterocycles. The van der Waals surface area contributed by atoms with Crippen LogP contribution in [0.15, 0.2) is 34.5 Å². The summed E-state index contributed by atoms with van der Waals surface area (Å²) in [4.78, 5) is 26.2. The largest absolute Gasteiger partial charge is 0.353 e. The van der Waals surface area contributed by atoms with Crippen LogP contribution in [0.4, 0.5) is 4.39 Å². The summed E-state index contributed by atoms with van der Waals surface area (Å²) in [6, 6.07) is 6.02. The molecule has 0 aromatic heterocycles. The lowest BCUT2D eigenvalue weighted by Gasteiger charge is -2.32. The molecule has 1 aromatic rings. The van der Waals surface area contributed by atoms with Gasteiger partial charge in [-0.3, -0.25) is 9.59 Å². The highest BCUT2D eigenvalue weighted by molar-refractivity contribution is 5.94. The number of nitrogens with zero attached hydrogens (tertiary/aromatic N) is 3. The number of likely N-dealkylation sites (tertiary alicyclic amines) is 1. The summed E-state index contributed by atoms with van der Waals surface area (Å²) in [5, 5.41) is 11.1. The molecule has 6 nitrogen and oxygen atoms in total. The fourth-order valence-corrected chi connectivity index (χ4v) is 3.31. The highest BCUT2D eigenvalue weighted by Crippen LogP contribution is 2.37. The maximum Gasteiger partial charge on any atom is 0.256 e. The Hall–Kier alpha value is -2.75. The molecule has 2 heterocycles. The Morgan fingerprint density at radius 2 is 1.96 bits per heavy atom. The molecule has 0 unspecified atom stereocenters. The van der Waals surface area contributed by atoms with Gasteiger partial charge < -0.3 is 10.2 Å². The SMILES string of the molecule is C#CCCC1(CCC(=O)NC2CCN(C(=O)c3ccccc3F)CC2)N=N1. The molecule has 0 radical (unpaired) electrons. The predicted molar refractivity (Wildman–Crippen MR) is 98.4 cm³/mol. The van der Waals surface area contributed by atoms with Crippen LogP contribution in [0.5, 0.6) is 0 Å². The number of terminal acetylenes is 1. The van der Waals surface area contributed by atoms with Crippen molar-refractivity contribution in [2.24, 2.45) is 10.2 Å². The number of nitrogens with one attached hydrogen (secondary N) is 1. The number of benzene rings is 1. The van der Waals surface area contributed by atoms with Crippen LogP contribution in [-0.4, -0.2) is 41.5 Å². The van der Waals surface area contributed by atoms with Gasteiger partial charge in [-0.25, -0.2) is 4.39 Å². The van der Waals surface area contributed by atoms with Gasteiger partial charge in [0.25, 0.3) is 5.91 Å². The maximum atomic E-state index is 13.8. The standard InChI is InChI=1S/C20H23FN4O2/c1-2-3-11-20(23-24-20)12-8-18(26)22-15-9-13-25(14-10-15)19(27)16-6-4-5-7-17(16)21/h1,4-7,15H,3,8-14H2,(H,22,26). The van der Waals surface area contributed by atoms with Crippen molar-refractivity contribution in [2.75, 3.05) is 13.1 Å². The van der Waals surface area contributed by atoms with Gasteiger partial charge in [-0.1, -0.05) is 12.1 Å². The van der Waals surface area contributed by atoms with Crippen molar-refractivity contribution in [3.05, 3.63) is 35.6 Å². The van der Waals surface area contributed by atoms with Gasteiger partial charge in [0.1, 0.15) is 5.82 Å². The van der Waals surface area contributed by atoms with Gasteiger partial charge in [-0.05, 0) is 25.0 Å². The van der Waals surface area contributed by atoms with Gasteiger partial charge in [0.15, 0.2) is 5.66 Å².